The number of hydrogen-bond donors (Lipinski definition) is 1. The molecule has 5 rings (SSSR count). The van der Waals surface area contributed by atoms with Gasteiger partial charge in [-0.05, 0) is 30.0 Å². The lowest BCUT2D eigenvalue weighted by Crippen LogP contribution is -2.31. The highest BCUT2D eigenvalue weighted by Crippen LogP contribution is 2.34. The average Bonchev–Trinajstić information content (AvgIpc) is 3.35. The van der Waals surface area contributed by atoms with Gasteiger partial charge in [-0.1, -0.05) is 24.3 Å². The number of anilines is 1. The van der Waals surface area contributed by atoms with Gasteiger partial charge in [0.05, 0.1) is 7.11 Å². The maximum absolute atomic E-state index is 12.7. The highest BCUT2D eigenvalue weighted by atomic mass is 16.5. The van der Waals surface area contributed by atoms with Crippen LogP contribution in [0.4, 0.5) is 5.69 Å². The molecular weight excluding hydrogens is 380 g/mol. The summed E-state index contributed by atoms with van der Waals surface area (Å²) in [5, 5.41) is 11.4. The molecule has 0 saturated carbocycles. The number of methoxy groups -OCH3 is 1. The normalized spacial score (nSPS) is 20.4. The summed E-state index contributed by atoms with van der Waals surface area (Å²) >= 11 is 0. The van der Waals surface area contributed by atoms with Crippen LogP contribution < -0.4 is 10.1 Å². The molecule has 1 N–H and O–H groups in total. The summed E-state index contributed by atoms with van der Waals surface area (Å²) in [5.74, 6) is 2.75. The Morgan fingerprint density at radius 2 is 1.93 bits per heavy atom. The van der Waals surface area contributed by atoms with Crippen molar-refractivity contribution in [1.29, 1.82) is 0 Å². The lowest BCUT2D eigenvalue weighted by molar-refractivity contribution is 0.100. The number of fused-ring (bicyclic) bond motifs is 2. The minimum Gasteiger partial charge on any atom is -0.481 e. The predicted molar refractivity (Wildman–Crippen MR) is 111 cm³/mol. The third-order valence-corrected chi connectivity index (χ3v) is 6.01. The van der Waals surface area contributed by atoms with Crippen LogP contribution in [0.3, 0.4) is 0 Å². The number of carbonyl (C=O) groups excluding carboxylic acids is 1. The molecule has 2 atom stereocenters. The van der Waals surface area contributed by atoms with Crippen LogP contribution in [0.25, 0.3) is 0 Å². The maximum atomic E-state index is 12.7. The minimum atomic E-state index is -0.214. The molecule has 8 nitrogen and oxygen atoms in total. The van der Waals surface area contributed by atoms with E-state index < -0.39 is 0 Å². The summed E-state index contributed by atoms with van der Waals surface area (Å²) in [6.07, 6.45) is 2.59. The number of para-hydroxylation sites is 1. The van der Waals surface area contributed by atoms with Crippen molar-refractivity contribution >= 4 is 11.6 Å². The number of carbonyl (C=O) groups is 1. The molecule has 2 aliphatic heterocycles. The molecule has 154 valence electrons. The molecule has 3 aromatic rings. The lowest BCUT2D eigenvalue weighted by Gasteiger charge is -2.25. The topological polar surface area (TPSA) is 85.2 Å². The molecule has 8 heteroatoms. The van der Waals surface area contributed by atoms with E-state index in [1.807, 2.05) is 41.0 Å². The zero-order valence-electron chi connectivity index (χ0n) is 16.9. The van der Waals surface area contributed by atoms with Crippen LogP contribution in [0.5, 0.6) is 5.88 Å². The molecule has 2 aromatic heterocycles. The fourth-order valence-electron chi connectivity index (χ4n) is 4.60. The average molecular weight is 404 g/mol. The van der Waals surface area contributed by atoms with Crippen molar-refractivity contribution in [2.24, 2.45) is 11.8 Å². The summed E-state index contributed by atoms with van der Waals surface area (Å²) in [6.45, 7) is 3.55. The zero-order chi connectivity index (χ0) is 20.5. The van der Waals surface area contributed by atoms with Gasteiger partial charge in [-0.2, -0.15) is 0 Å². The fraction of sp³-hybridized carbons (Fsp3) is 0.364. The van der Waals surface area contributed by atoms with Crippen LogP contribution in [0.2, 0.25) is 0 Å². The van der Waals surface area contributed by atoms with Crippen LogP contribution in [0, 0.1) is 11.8 Å². The number of benzene rings is 1. The van der Waals surface area contributed by atoms with E-state index in [4.69, 9.17) is 4.74 Å². The Kier molecular flexibility index (Phi) is 4.92. The van der Waals surface area contributed by atoms with Crippen molar-refractivity contribution in [1.82, 2.24) is 24.6 Å². The van der Waals surface area contributed by atoms with Crippen LogP contribution in [0.1, 0.15) is 22.0 Å². The number of pyridine rings is 1. The first-order chi connectivity index (χ1) is 14.7. The van der Waals surface area contributed by atoms with Crippen molar-refractivity contribution in [2.75, 3.05) is 25.5 Å². The van der Waals surface area contributed by atoms with Gasteiger partial charge in [0.2, 0.25) is 11.7 Å². The Morgan fingerprint density at radius 1 is 1.10 bits per heavy atom. The summed E-state index contributed by atoms with van der Waals surface area (Å²) in [6, 6.07) is 13.4. The second-order valence-electron chi connectivity index (χ2n) is 7.96. The second-order valence-corrected chi connectivity index (χ2v) is 7.96. The van der Waals surface area contributed by atoms with E-state index in [9.17, 15) is 4.79 Å². The van der Waals surface area contributed by atoms with Gasteiger partial charge in [-0.25, -0.2) is 4.98 Å². The molecule has 0 bridgehead atoms. The number of nitrogens with one attached hydrogen (secondary N) is 1. The van der Waals surface area contributed by atoms with Crippen molar-refractivity contribution in [3.63, 3.8) is 0 Å². The summed E-state index contributed by atoms with van der Waals surface area (Å²) in [5.41, 5.74) is 1.85. The summed E-state index contributed by atoms with van der Waals surface area (Å²) < 4.78 is 7.39. The standard InChI is InChI=1S/C22H24N6O2/c1-30-22-15(6-5-9-23-22)11-27-12-16-10-19-25-26-20(28(19)14-17(16)13-27)21(29)24-18-7-3-2-4-8-18/h2-9,16-17H,10-14H2,1H3,(H,24,29)/t16-,17-/m1/s1. The van der Waals surface area contributed by atoms with E-state index in [1.165, 1.54) is 0 Å². The number of hydrogen-bond acceptors (Lipinski definition) is 6. The van der Waals surface area contributed by atoms with Gasteiger partial charge in [-0.3, -0.25) is 9.69 Å². The summed E-state index contributed by atoms with van der Waals surface area (Å²) in [7, 11) is 1.66. The van der Waals surface area contributed by atoms with Crippen molar-refractivity contribution in [2.45, 2.75) is 19.5 Å². The van der Waals surface area contributed by atoms with Gasteiger partial charge >= 0.3 is 0 Å². The predicted octanol–water partition coefficient (Wildman–Crippen LogP) is 2.24. The van der Waals surface area contributed by atoms with Gasteiger partial charge in [0.15, 0.2) is 0 Å². The molecule has 0 radical (unpaired) electrons. The molecule has 0 spiro atoms. The fourth-order valence-corrected chi connectivity index (χ4v) is 4.60. The monoisotopic (exact) mass is 404 g/mol. The Hall–Kier alpha value is -3.26. The quantitative estimate of drug-likeness (QED) is 0.702. The first kappa shape index (κ1) is 18.7. The Labute approximate surface area is 174 Å². The van der Waals surface area contributed by atoms with Gasteiger partial charge in [0.1, 0.15) is 5.82 Å². The Balaban J connectivity index is 1.28. The van der Waals surface area contributed by atoms with Crippen molar-refractivity contribution < 1.29 is 9.53 Å². The molecular formula is C22H24N6O2. The van der Waals surface area contributed by atoms with E-state index in [1.54, 1.807) is 13.3 Å². The largest absolute Gasteiger partial charge is 0.481 e. The molecule has 30 heavy (non-hydrogen) atoms. The zero-order valence-corrected chi connectivity index (χ0v) is 16.9. The highest BCUT2D eigenvalue weighted by Gasteiger charge is 2.39. The maximum Gasteiger partial charge on any atom is 0.293 e. The van der Waals surface area contributed by atoms with E-state index in [2.05, 4.69) is 31.5 Å². The number of likely N-dealkylation sites (tertiary alicyclic amines) is 1. The van der Waals surface area contributed by atoms with E-state index in [0.29, 0.717) is 23.5 Å². The third-order valence-electron chi connectivity index (χ3n) is 6.01. The highest BCUT2D eigenvalue weighted by molar-refractivity contribution is 6.01. The molecule has 1 fully saturated rings. The molecule has 0 aliphatic carbocycles. The van der Waals surface area contributed by atoms with Gasteiger partial charge in [0.25, 0.3) is 5.91 Å². The van der Waals surface area contributed by atoms with Crippen molar-refractivity contribution in [3.8, 4) is 5.88 Å². The van der Waals surface area contributed by atoms with Gasteiger partial charge < -0.3 is 14.6 Å². The minimum absolute atomic E-state index is 0.214. The van der Waals surface area contributed by atoms with Crippen molar-refractivity contribution in [3.05, 3.63) is 65.9 Å². The van der Waals surface area contributed by atoms with Crippen LogP contribution in [-0.2, 0) is 19.5 Å². The van der Waals surface area contributed by atoms with Crippen LogP contribution in [-0.4, -0.2) is 50.8 Å². The number of ether oxygens (including phenoxy) is 1. The lowest BCUT2D eigenvalue weighted by atomic mass is 9.89. The third kappa shape index (κ3) is 3.54. The first-order valence-corrected chi connectivity index (χ1v) is 10.2. The number of nitrogens with zero attached hydrogens (tertiary/aromatic N) is 5. The number of aromatic nitrogens is 4. The molecule has 2 aliphatic rings. The van der Waals surface area contributed by atoms with E-state index in [0.717, 1.165) is 49.7 Å². The second kappa shape index (κ2) is 7.87. The van der Waals surface area contributed by atoms with Gasteiger partial charge in [-0.15, -0.1) is 10.2 Å². The smallest absolute Gasteiger partial charge is 0.293 e. The van der Waals surface area contributed by atoms with Crippen LogP contribution in [0.15, 0.2) is 48.7 Å². The molecule has 1 aromatic carbocycles. The Bertz CT molecular complexity index is 1050. The van der Waals surface area contributed by atoms with E-state index in [-0.39, 0.29) is 5.91 Å². The molecule has 1 amide bonds. The Morgan fingerprint density at radius 3 is 2.77 bits per heavy atom. The molecule has 4 heterocycles. The molecule has 0 unspecified atom stereocenters. The SMILES string of the molecule is COc1ncccc1CN1C[C@H]2Cc3nnc(C(=O)Nc4ccccc4)n3C[C@H]2C1. The first-order valence-electron chi connectivity index (χ1n) is 10.2. The number of rotatable bonds is 5. The van der Waals surface area contributed by atoms with Gasteiger partial charge in [0, 0.05) is 50.0 Å². The van der Waals surface area contributed by atoms with E-state index >= 15 is 0 Å². The molecule has 1 saturated heterocycles. The number of amides is 1. The van der Waals surface area contributed by atoms with Crippen LogP contribution >= 0.6 is 0 Å². The summed E-state index contributed by atoms with van der Waals surface area (Å²) in [4.78, 5) is 19.5.